The van der Waals surface area contributed by atoms with Gasteiger partial charge in [-0.15, -0.1) is 0 Å². The number of halogens is 1. The van der Waals surface area contributed by atoms with Gasteiger partial charge in [-0.2, -0.15) is 0 Å². The second-order valence-electron chi connectivity index (χ2n) is 5.96. The van der Waals surface area contributed by atoms with Crippen molar-refractivity contribution >= 4 is 34.5 Å². The topological polar surface area (TPSA) is 60.4 Å². The van der Waals surface area contributed by atoms with Gasteiger partial charge in [0, 0.05) is 6.20 Å². The van der Waals surface area contributed by atoms with Gasteiger partial charge in [-0.05, 0) is 37.0 Å². The first-order valence-electron chi connectivity index (χ1n) is 8.71. The average molecular weight is 421 g/mol. The Morgan fingerprint density at radius 2 is 2.25 bits per heavy atom. The van der Waals surface area contributed by atoms with Crippen molar-refractivity contribution in [2.24, 2.45) is 4.99 Å². The maximum absolute atomic E-state index is 12.7. The Morgan fingerprint density at radius 1 is 1.46 bits per heavy atom. The number of rotatable bonds is 7. The molecular formula is C20H21ClN2O4S. The van der Waals surface area contributed by atoms with Gasteiger partial charge in [0.25, 0.3) is 0 Å². The standard InChI is InChI=1S/C20H21ClN2O4S/c1-5-8-27-18-14(21)10-13(11-15(18)25-4)17-16(19(24)26-6-2)12(3)22-20-23(17)7-9-28-20/h5,7,9-11,17H,1,6,8H2,2-4H3. The summed E-state index contributed by atoms with van der Waals surface area (Å²) in [5.41, 5.74) is 1.86. The largest absolute Gasteiger partial charge is 0.493 e. The molecule has 0 saturated heterocycles. The Balaban J connectivity index is 2.12. The summed E-state index contributed by atoms with van der Waals surface area (Å²) in [6.07, 6.45) is 3.52. The molecule has 0 fully saturated rings. The molecule has 2 aliphatic rings. The fourth-order valence-electron chi connectivity index (χ4n) is 3.08. The van der Waals surface area contributed by atoms with E-state index in [1.807, 2.05) is 29.5 Å². The number of carbonyl (C=O) groups excluding carboxylic acids is 1. The number of methoxy groups -OCH3 is 1. The van der Waals surface area contributed by atoms with Crippen molar-refractivity contribution in [3.8, 4) is 11.5 Å². The summed E-state index contributed by atoms with van der Waals surface area (Å²) >= 11 is 7.99. The fourth-order valence-corrected chi connectivity index (χ4v) is 4.14. The van der Waals surface area contributed by atoms with E-state index in [0.29, 0.717) is 34.4 Å². The van der Waals surface area contributed by atoms with Crippen LogP contribution in [0.1, 0.15) is 25.5 Å². The van der Waals surface area contributed by atoms with Crippen LogP contribution in [0.15, 0.2) is 52.7 Å². The number of esters is 1. The van der Waals surface area contributed by atoms with Crippen molar-refractivity contribution in [1.82, 2.24) is 4.90 Å². The van der Waals surface area contributed by atoms with Crippen LogP contribution in [-0.2, 0) is 9.53 Å². The molecule has 6 nitrogen and oxygen atoms in total. The van der Waals surface area contributed by atoms with Crippen LogP contribution < -0.4 is 9.47 Å². The van der Waals surface area contributed by atoms with Gasteiger partial charge in [0.05, 0.1) is 36.1 Å². The molecule has 1 aromatic rings. The molecule has 0 N–H and O–H groups in total. The maximum Gasteiger partial charge on any atom is 0.338 e. The van der Waals surface area contributed by atoms with Crippen molar-refractivity contribution in [3.63, 3.8) is 0 Å². The Kier molecular flexibility index (Phi) is 6.36. The highest BCUT2D eigenvalue weighted by atomic mass is 35.5. The quantitative estimate of drug-likeness (QED) is 0.471. The van der Waals surface area contributed by atoms with Crippen molar-refractivity contribution in [2.45, 2.75) is 19.9 Å². The smallest absolute Gasteiger partial charge is 0.338 e. The number of fused-ring (bicyclic) bond motifs is 1. The normalized spacial score (nSPS) is 17.9. The number of hydrogen-bond donors (Lipinski definition) is 0. The summed E-state index contributed by atoms with van der Waals surface area (Å²) in [4.78, 5) is 19.2. The van der Waals surface area contributed by atoms with Crippen LogP contribution in [0.4, 0.5) is 0 Å². The van der Waals surface area contributed by atoms with Gasteiger partial charge in [0.2, 0.25) is 0 Å². The molecule has 2 aliphatic heterocycles. The number of amidine groups is 1. The van der Waals surface area contributed by atoms with Gasteiger partial charge in [0.15, 0.2) is 16.7 Å². The van der Waals surface area contributed by atoms with Gasteiger partial charge >= 0.3 is 5.97 Å². The number of thioether (sulfide) groups is 1. The highest BCUT2D eigenvalue weighted by Crippen LogP contribution is 2.45. The molecule has 1 aromatic carbocycles. The van der Waals surface area contributed by atoms with E-state index in [9.17, 15) is 4.79 Å². The number of aliphatic imine (C=N–C) groups is 1. The summed E-state index contributed by atoms with van der Waals surface area (Å²) in [5, 5.41) is 3.10. The van der Waals surface area contributed by atoms with Crippen LogP contribution in [0.25, 0.3) is 0 Å². The third kappa shape index (κ3) is 3.77. The Labute approximate surface area is 173 Å². The molecule has 0 radical (unpaired) electrons. The van der Waals surface area contributed by atoms with Gasteiger partial charge in [-0.1, -0.05) is 36.0 Å². The molecule has 1 unspecified atom stereocenters. The van der Waals surface area contributed by atoms with E-state index in [2.05, 4.69) is 11.6 Å². The van der Waals surface area contributed by atoms with Gasteiger partial charge < -0.3 is 19.1 Å². The van der Waals surface area contributed by atoms with Gasteiger partial charge in [-0.25, -0.2) is 9.79 Å². The molecular weight excluding hydrogens is 400 g/mol. The number of benzene rings is 1. The lowest BCUT2D eigenvalue weighted by Crippen LogP contribution is -2.34. The van der Waals surface area contributed by atoms with E-state index in [4.69, 9.17) is 25.8 Å². The van der Waals surface area contributed by atoms with E-state index in [0.717, 1.165) is 10.7 Å². The van der Waals surface area contributed by atoms with Crippen LogP contribution in [0.5, 0.6) is 11.5 Å². The van der Waals surface area contributed by atoms with E-state index in [1.54, 1.807) is 26.2 Å². The average Bonchev–Trinajstić information content (AvgIpc) is 3.13. The van der Waals surface area contributed by atoms with Crippen LogP contribution in [0.3, 0.4) is 0 Å². The van der Waals surface area contributed by atoms with Crippen molar-refractivity contribution < 1.29 is 19.0 Å². The summed E-state index contributed by atoms with van der Waals surface area (Å²) in [7, 11) is 1.54. The molecule has 8 heteroatoms. The lowest BCUT2D eigenvalue weighted by atomic mass is 9.94. The second kappa shape index (κ2) is 8.75. The summed E-state index contributed by atoms with van der Waals surface area (Å²) < 4.78 is 16.4. The van der Waals surface area contributed by atoms with Crippen LogP contribution >= 0.6 is 23.4 Å². The molecule has 3 rings (SSSR count). The van der Waals surface area contributed by atoms with Crippen LogP contribution in [0, 0.1) is 0 Å². The minimum Gasteiger partial charge on any atom is -0.493 e. The van der Waals surface area contributed by atoms with E-state index in [1.165, 1.54) is 11.8 Å². The van der Waals surface area contributed by atoms with E-state index >= 15 is 0 Å². The van der Waals surface area contributed by atoms with Crippen molar-refractivity contribution in [3.05, 3.63) is 58.3 Å². The lowest BCUT2D eigenvalue weighted by molar-refractivity contribution is -0.139. The molecule has 0 bridgehead atoms. The molecule has 148 valence electrons. The van der Waals surface area contributed by atoms with Gasteiger partial charge in [-0.3, -0.25) is 0 Å². The predicted octanol–water partition coefficient (Wildman–Crippen LogP) is 4.68. The van der Waals surface area contributed by atoms with E-state index < -0.39 is 12.0 Å². The Morgan fingerprint density at radius 3 is 2.93 bits per heavy atom. The number of carbonyl (C=O) groups is 1. The molecule has 0 aromatic heterocycles. The zero-order valence-corrected chi connectivity index (χ0v) is 17.5. The number of ether oxygens (including phenoxy) is 3. The summed E-state index contributed by atoms with van der Waals surface area (Å²) in [6, 6.07) is 3.17. The number of hydrogen-bond acceptors (Lipinski definition) is 7. The highest BCUT2D eigenvalue weighted by Gasteiger charge is 2.38. The third-order valence-corrected chi connectivity index (χ3v) is 5.28. The zero-order chi connectivity index (χ0) is 20.3. The van der Waals surface area contributed by atoms with Crippen molar-refractivity contribution in [1.29, 1.82) is 0 Å². The minimum atomic E-state index is -0.433. The number of allylic oxidation sites excluding steroid dienone is 1. The summed E-state index contributed by atoms with van der Waals surface area (Å²) in [6.45, 7) is 7.81. The molecule has 1 atom stereocenters. The fraction of sp³-hybridized carbons (Fsp3) is 0.300. The molecule has 0 saturated carbocycles. The van der Waals surface area contributed by atoms with Crippen molar-refractivity contribution in [2.75, 3.05) is 20.3 Å². The SMILES string of the molecule is C=CCOc1c(Cl)cc(C2C(C(=O)OCC)=C(C)N=C3SC=CN32)cc1OC. The highest BCUT2D eigenvalue weighted by molar-refractivity contribution is 8.16. The summed E-state index contributed by atoms with van der Waals surface area (Å²) in [5.74, 6) is 0.507. The predicted molar refractivity (Wildman–Crippen MR) is 112 cm³/mol. The molecule has 2 heterocycles. The zero-order valence-electron chi connectivity index (χ0n) is 15.9. The monoisotopic (exact) mass is 420 g/mol. The molecule has 0 amide bonds. The van der Waals surface area contributed by atoms with Crippen LogP contribution in [0.2, 0.25) is 5.02 Å². The van der Waals surface area contributed by atoms with Gasteiger partial charge in [0.1, 0.15) is 6.61 Å². The number of nitrogens with zero attached hydrogens (tertiary/aromatic N) is 2. The maximum atomic E-state index is 12.7. The second-order valence-corrected chi connectivity index (χ2v) is 7.24. The third-order valence-electron chi connectivity index (χ3n) is 4.23. The Bertz CT molecular complexity index is 894. The molecule has 0 aliphatic carbocycles. The van der Waals surface area contributed by atoms with E-state index in [-0.39, 0.29) is 6.61 Å². The van der Waals surface area contributed by atoms with Crippen LogP contribution in [-0.4, -0.2) is 36.4 Å². The molecule has 0 spiro atoms. The Hall–Kier alpha value is -2.38. The molecule has 28 heavy (non-hydrogen) atoms. The lowest BCUT2D eigenvalue weighted by Gasteiger charge is -2.33. The first-order valence-corrected chi connectivity index (χ1v) is 9.96. The minimum absolute atomic E-state index is 0.280. The first-order chi connectivity index (χ1) is 13.5. The first kappa shape index (κ1) is 20.4.